The van der Waals surface area contributed by atoms with Crippen LogP contribution in [0.15, 0.2) is 48.7 Å². The lowest BCUT2D eigenvalue weighted by atomic mass is 10.1. The van der Waals surface area contributed by atoms with Crippen LogP contribution in [0.1, 0.15) is 43.7 Å². The Morgan fingerprint density at radius 3 is 2.79 bits per heavy atom. The quantitative estimate of drug-likeness (QED) is 0.496. The molecule has 0 bridgehead atoms. The summed E-state index contributed by atoms with van der Waals surface area (Å²) in [6.07, 6.45) is 10.2. The van der Waals surface area contributed by atoms with E-state index in [-0.39, 0.29) is 0 Å². The molecule has 1 aromatic carbocycles. The third kappa shape index (κ3) is 7.50. The van der Waals surface area contributed by atoms with Gasteiger partial charge in [-0.1, -0.05) is 55.5 Å². The number of nitrogens with one attached hydrogen (secondary N) is 1. The predicted molar refractivity (Wildman–Crippen MR) is 85.3 cm³/mol. The highest BCUT2D eigenvalue weighted by Gasteiger charge is 1.91. The van der Waals surface area contributed by atoms with Gasteiger partial charge in [-0.25, -0.2) is 0 Å². The standard InChI is InChI=1S/C18H27N/c1-4-17(3)19-14-9-7-5-6-8-12-18-13-10-11-16(2)15-18/h5-6,10-11,13,15,19H,3-4,7-9,12,14H2,1-2H3. The number of allylic oxidation sites excluding steroid dienone is 3. The van der Waals surface area contributed by atoms with E-state index in [1.807, 2.05) is 0 Å². The summed E-state index contributed by atoms with van der Waals surface area (Å²) < 4.78 is 0. The Bertz CT molecular complexity index is 404. The Balaban J connectivity index is 2.06. The van der Waals surface area contributed by atoms with E-state index in [0.717, 1.165) is 37.9 Å². The molecule has 0 spiro atoms. The average molecular weight is 257 g/mol. The molecular weight excluding hydrogens is 230 g/mol. The van der Waals surface area contributed by atoms with Crippen molar-refractivity contribution in [1.82, 2.24) is 5.32 Å². The number of unbranched alkanes of at least 4 members (excludes halogenated alkanes) is 1. The molecule has 0 aliphatic rings. The number of hydrogen-bond donors (Lipinski definition) is 1. The first-order valence-corrected chi connectivity index (χ1v) is 7.34. The van der Waals surface area contributed by atoms with Crippen molar-refractivity contribution >= 4 is 0 Å². The van der Waals surface area contributed by atoms with E-state index in [4.69, 9.17) is 0 Å². The number of aryl methyl sites for hydroxylation is 2. The minimum absolute atomic E-state index is 1.02. The van der Waals surface area contributed by atoms with E-state index in [2.05, 4.69) is 62.2 Å². The van der Waals surface area contributed by atoms with Crippen molar-refractivity contribution in [3.05, 3.63) is 59.8 Å². The lowest BCUT2D eigenvalue weighted by Gasteiger charge is -2.05. The summed E-state index contributed by atoms with van der Waals surface area (Å²) in [5.74, 6) is 0. The molecule has 0 aliphatic carbocycles. The van der Waals surface area contributed by atoms with E-state index < -0.39 is 0 Å². The molecule has 19 heavy (non-hydrogen) atoms. The summed E-state index contributed by atoms with van der Waals surface area (Å²) in [4.78, 5) is 0. The van der Waals surface area contributed by atoms with Gasteiger partial charge in [0.2, 0.25) is 0 Å². The van der Waals surface area contributed by atoms with E-state index in [1.165, 1.54) is 17.5 Å². The second-order valence-electron chi connectivity index (χ2n) is 5.03. The molecule has 1 N–H and O–H groups in total. The van der Waals surface area contributed by atoms with Gasteiger partial charge in [-0.2, -0.15) is 0 Å². The molecule has 104 valence electrons. The zero-order valence-corrected chi connectivity index (χ0v) is 12.4. The largest absolute Gasteiger partial charge is 0.389 e. The van der Waals surface area contributed by atoms with Gasteiger partial charge >= 0.3 is 0 Å². The first-order valence-electron chi connectivity index (χ1n) is 7.34. The summed E-state index contributed by atoms with van der Waals surface area (Å²) in [5, 5.41) is 3.33. The zero-order chi connectivity index (χ0) is 13.9. The average Bonchev–Trinajstić information content (AvgIpc) is 2.41. The number of rotatable bonds is 9. The lowest BCUT2D eigenvalue weighted by Crippen LogP contribution is -2.12. The van der Waals surface area contributed by atoms with E-state index in [0.29, 0.717) is 0 Å². The minimum atomic E-state index is 1.02. The third-order valence-electron chi connectivity index (χ3n) is 3.20. The van der Waals surface area contributed by atoms with Crippen molar-refractivity contribution in [3.8, 4) is 0 Å². The Morgan fingerprint density at radius 1 is 1.26 bits per heavy atom. The summed E-state index contributed by atoms with van der Waals surface area (Å²) in [6, 6.07) is 8.77. The fourth-order valence-corrected chi connectivity index (χ4v) is 1.96. The molecule has 0 atom stereocenters. The Labute approximate surface area is 118 Å². The van der Waals surface area contributed by atoms with Gasteiger partial charge in [-0.3, -0.25) is 0 Å². The van der Waals surface area contributed by atoms with Gasteiger partial charge in [0.15, 0.2) is 0 Å². The van der Waals surface area contributed by atoms with Crippen molar-refractivity contribution in [1.29, 1.82) is 0 Å². The maximum Gasteiger partial charge on any atom is 0.0146 e. The Morgan fingerprint density at radius 2 is 2.05 bits per heavy atom. The molecule has 0 fully saturated rings. The second-order valence-corrected chi connectivity index (χ2v) is 5.03. The van der Waals surface area contributed by atoms with Gasteiger partial charge in [-0.05, 0) is 44.6 Å². The maximum atomic E-state index is 3.93. The van der Waals surface area contributed by atoms with Crippen LogP contribution in [0.3, 0.4) is 0 Å². The van der Waals surface area contributed by atoms with Crippen LogP contribution in [0.2, 0.25) is 0 Å². The van der Waals surface area contributed by atoms with Crippen LogP contribution >= 0.6 is 0 Å². The molecule has 0 unspecified atom stereocenters. The summed E-state index contributed by atoms with van der Waals surface area (Å²) in [6.45, 7) is 9.24. The van der Waals surface area contributed by atoms with Crippen LogP contribution in [-0.2, 0) is 6.42 Å². The normalized spacial score (nSPS) is 10.8. The molecule has 0 saturated carbocycles. The Hall–Kier alpha value is -1.50. The summed E-state index contributed by atoms with van der Waals surface area (Å²) in [7, 11) is 0. The van der Waals surface area contributed by atoms with Crippen LogP contribution in [0.4, 0.5) is 0 Å². The zero-order valence-electron chi connectivity index (χ0n) is 12.4. The SMILES string of the molecule is C=C(CC)NCCCC=CCCc1cccc(C)c1. The lowest BCUT2D eigenvalue weighted by molar-refractivity contribution is 0.715. The second kappa shape index (κ2) is 9.43. The van der Waals surface area contributed by atoms with Gasteiger partial charge in [0, 0.05) is 12.2 Å². The van der Waals surface area contributed by atoms with E-state index >= 15 is 0 Å². The van der Waals surface area contributed by atoms with Gasteiger partial charge in [0.25, 0.3) is 0 Å². The smallest absolute Gasteiger partial charge is 0.0146 e. The molecular formula is C18H27N. The minimum Gasteiger partial charge on any atom is -0.389 e. The van der Waals surface area contributed by atoms with Gasteiger partial charge in [0.1, 0.15) is 0 Å². The van der Waals surface area contributed by atoms with Gasteiger partial charge < -0.3 is 5.32 Å². The molecule has 1 heteroatoms. The Kier molecular flexibility index (Phi) is 7.72. The monoisotopic (exact) mass is 257 g/mol. The van der Waals surface area contributed by atoms with Crippen LogP contribution in [0, 0.1) is 6.92 Å². The fourth-order valence-electron chi connectivity index (χ4n) is 1.96. The van der Waals surface area contributed by atoms with Gasteiger partial charge in [0.05, 0.1) is 0 Å². The topological polar surface area (TPSA) is 12.0 Å². The third-order valence-corrected chi connectivity index (χ3v) is 3.20. The van der Waals surface area contributed by atoms with Gasteiger partial charge in [-0.15, -0.1) is 0 Å². The predicted octanol–water partition coefficient (Wildman–Crippen LogP) is 4.78. The molecule has 0 aliphatic heterocycles. The van der Waals surface area contributed by atoms with Crippen LogP contribution in [-0.4, -0.2) is 6.54 Å². The molecule has 1 rings (SSSR count). The van der Waals surface area contributed by atoms with Crippen molar-refractivity contribution in [2.24, 2.45) is 0 Å². The molecule has 0 radical (unpaired) electrons. The van der Waals surface area contributed by atoms with Crippen molar-refractivity contribution in [3.63, 3.8) is 0 Å². The van der Waals surface area contributed by atoms with E-state index in [9.17, 15) is 0 Å². The molecule has 1 nitrogen and oxygen atoms in total. The van der Waals surface area contributed by atoms with Crippen molar-refractivity contribution < 1.29 is 0 Å². The first-order chi connectivity index (χ1) is 9.22. The molecule has 0 aromatic heterocycles. The van der Waals surface area contributed by atoms with Crippen LogP contribution in [0.5, 0.6) is 0 Å². The number of benzene rings is 1. The molecule has 1 aromatic rings. The van der Waals surface area contributed by atoms with Crippen molar-refractivity contribution in [2.75, 3.05) is 6.54 Å². The molecule has 0 heterocycles. The highest BCUT2D eigenvalue weighted by molar-refractivity contribution is 5.22. The molecule has 0 saturated heterocycles. The highest BCUT2D eigenvalue weighted by Crippen LogP contribution is 2.07. The maximum absolute atomic E-state index is 3.93. The van der Waals surface area contributed by atoms with Crippen LogP contribution < -0.4 is 5.32 Å². The van der Waals surface area contributed by atoms with Crippen molar-refractivity contribution in [2.45, 2.75) is 46.0 Å². The number of hydrogen-bond acceptors (Lipinski definition) is 1. The summed E-state index contributed by atoms with van der Waals surface area (Å²) >= 11 is 0. The summed E-state index contributed by atoms with van der Waals surface area (Å²) in [5.41, 5.74) is 3.93. The molecule has 0 amide bonds. The fraction of sp³-hybridized carbons (Fsp3) is 0.444. The van der Waals surface area contributed by atoms with E-state index in [1.54, 1.807) is 0 Å². The van der Waals surface area contributed by atoms with Crippen LogP contribution in [0.25, 0.3) is 0 Å². The first kappa shape index (κ1) is 15.6. The highest BCUT2D eigenvalue weighted by atomic mass is 14.9.